The molecule has 0 aliphatic rings. The highest BCUT2D eigenvalue weighted by Crippen LogP contribution is 2.05. The second-order valence-electron chi connectivity index (χ2n) is 3.24. The third-order valence-corrected chi connectivity index (χ3v) is 2.38. The molecule has 0 saturated carbocycles. The minimum absolute atomic E-state index is 0.0250. The van der Waals surface area contributed by atoms with Gasteiger partial charge in [0.05, 0.1) is 12.7 Å². The van der Waals surface area contributed by atoms with Gasteiger partial charge in [-0.15, -0.1) is 0 Å². The number of aliphatic hydroxyl groups is 1. The van der Waals surface area contributed by atoms with E-state index in [4.69, 9.17) is 11.6 Å². The molecule has 1 N–H and O–H groups in total. The van der Waals surface area contributed by atoms with Gasteiger partial charge in [-0.05, 0) is 6.07 Å². The zero-order valence-electron chi connectivity index (χ0n) is 8.25. The first-order chi connectivity index (χ1) is 7.59. The molecule has 0 fully saturated rings. The Morgan fingerprint density at radius 1 is 1.62 bits per heavy atom. The van der Waals surface area contributed by atoms with E-state index in [0.29, 0.717) is 5.52 Å². The molecule has 6 nitrogen and oxygen atoms in total. The smallest absolute Gasteiger partial charge is 0.292 e. The summed E-state index contributed by atoms with van der Waals surface area (Å²) in [6.07, 6.45) is 1.89. The number of halogens is 1. The molecule has 84 valence electrons. The largest absolute Gasteiger partial charge is 0.386 e. The zero-order valence-corrected chi connectivity index (χ0v) is 9.00. The number of nitrogens with zero attached hydrogens (tertiary/aromatic N) is 4. The van der Waals surface area contributed by atoms with E-state index in [1.807, 2.05) is 0 Å². The van der Waals surface area contributed by atoms with Gasteiger partial charge < -0.3 is 5.11 Å². The van der Waals surface area contributed by atoms with E-state index in [-0.39, 0.29) is 17.1 Å². The van der Waals surface area contributed by atoms with E-state index in [0.717, 1.165) is 4.68 Å². The van der Waals surface area contributed by atoms with Crippen molar-refractivity contribution in [3.05, 3.63) is 40.6 Å². The van der Waals surface area contributed by atoms with Crippen molar-refractivity contribution in [2.24, 2.45) is 0 Å². The van der Waals surface area contributed by atoms with Crippen molar-refractivity contribution in [3.8, 4) is 0 Å². The number of hydrogen-bond donors (Lipinski definition) is 1. The van der Waals surface area contributed by atoms with Gasteiger partial charge in [0, 0.05) is 5.03 Å². The average molecular weight is 241 g/mol. The Morgan fingerprint density at radius 2 is 2.38 bits per heavy atom. The van der Waals surface area contributed by atoms with Gasteiger partial charge in [0.2, 0.25) is 0 Å². The van der Waals surface area contributed by atoms with Crippen molar-refractivity contribution in [1.29, 1.82) is 0 Å². The molecule has 2 heterocycles. The van der Waals surface area contributed by atoms with Gasteiger partial charge in [-0.1, -0.05) is 18.2 Å². The van der Waals surface area contributed by atoms with Crippen LogP contribution in [0.25, 0.3) is 5.52 Å². The van der Waals surface area contributed by atoms with Gasteiger partial charge in [0.1, 0.15) is 17.9 Å². The number of fused-ring (bicyclic) bond motifs is 1. The summed E-state index contributed by atoms with van der Waals surface area (Å²) in [7, 11) is 0. The molecule has 0 aliphatic carbocycles. The molecule has 1 unspecified atom stereocenters. The molecule has 1 atom stereocenters. The molecule has 0 aliphatic heterocycles. The molecule has 2 rings (SSSR count). The van der Waals surface area contributed by atoms with Crippen LogP contribution in [0, 0.1) is 0 Å². The van der Waals surface area contributed by atoms with Gasteiger partial charge >= 0.3 is 0 Å². The number of aromatic nitrogens is 4. The predicted molar refractivity (Wildman–Crippen MR) is 58.2 cm³/mol. The summed E-state index contributed by atoms with van der Waals surface area (Å²) in [5.74, 6) is 0. The Hall–Kier alpha value is -1.66. The van der Waals surface area contributed by atoms with Crippen LogP contribution in [-0.2, 0) is 6.54 Å². The highest BCUT2D eigenvalue weighted by atomic mass is 35.5. The van der Waals surface area contributed by atoms with E-state index < -0.39 is 6.10 Å². The quantitative estimate of drug-likeness (QED) is 0.820. The molecule has 0 aromatic carbocycles. The van der Waals surface area contributed by atoms with E-state index in [1.165, 1.54) is 17.0 Å². The normalized spacial score (nSPS) is 12.9. The molecule has 0 amide bonds. The van der Waals surface area contributed by atoms with Crippen molar-refractivity contribution in [2.75, 3.05) is 0 Å². The third kappa shape index (κ3) is 1.84. The molecule has 2 aromatic rings. The van der Waals surface area contributed by atoms with Crippen LogP contribution < -0.4 is 5.56 Å². The zero-order chi connectivity index (χ0) is 11.7. The summed E-state index contributed by atoms with van der Waals surface area (Å²) in [4.78, 5) is 11.8. The highest BCUT2D eigenvalue weighted by molar-refractivity contribution is 6.29. The minimum Gasteiger partial charge on any atom is -0.386 e. The summed E-state index contributed by atoms with van der Waals surface area (Å²) in [6, 6.07) is 1.57. The first-order valence-corrected chi connectivity index (χ1v) is 4.89. The van der Waals surface area contributed by atoms with Crippen LogP contribution in [0.3, 0.4) is 0 Å². The first-order valence-electron chi connectivity index (χ1n) is 4.51. The average Bonchev–Trinajstić information content (AvgIpc) is 2.70. The van der Waals surface area contributed by atoms with Crippen LogP contribution in [0.4, 0.5) is 0 Å². The number of aliphatic hydroxyl groups excluding tert-OH is 1. The molecule has 7 heteroatoms. The van der Waals surface area contributed by atoms with E-state index in [2.05, 4.69) is 16.8 Å². The Balaban J connectivity index is 2.42. The standard InChI is InChI=1S/C9H9ClN4O2/c1-6(10)8(15)4-13-9(16)7-2-3-11-14(7)5-12-13/h2-3,5,8,15H,1,4H2. The molecule has 0 radical (unpaired) electrons. The topological polar surface area (TPSA) is 72.4 Å². The predicted octanol–water partition coefficient (Wildman–Crippen LogP) is 0.00440. The van der Waals surface area contributed by atoms with Crippen molar-refractivity contribution < 1.29 is 5.11 Å². The SMILES string of the molecule is C=C(Cl)C(O)Cn1ncn2nccc2c1=O. The molecule has 16 heavy (non-hydrogen) atoms. The van der Waals surface area contributed by atoms with Crippen LogP contribution in [0.5, 0.6) is 0 Å². The number of rotatable bonds is 3. The fraction of sp³-hybridized carbons (Fsp3) is 0.222. The van der Waals surface area contributed by atoms with Crippen LogP contribution in [-0.4, -0.2) is 30.6 Å². The lowest BCUT2D eigenvalue weighted by Crippen LogP contribution is -2.29. The molecule has 0 spiro atoms. The van der Waals surface area contributed by atoms with Crippen molar-refractivity contribution in [2.45, 2.75) is 12.6 Å². The summed E-state index contributed by atoms with van der Waals surface area (Å²) in [5.41, 5.74) is 0.0550. The summed E-state index contributed by atoms with van der Waals surface area (Å²) in [6.45, 7) is 3.36. The minimum atomic E-state index is -1.00. The monoisotopic (exact) mass is 240 g/mol. The maximum Gasteiger partial charge on any atom is 0.292 e. The van der Waals surface area contributed by atoms with Crippen molar-refractivity contribution in [3.63, 3.8) is 0 Å². The maximum absolute atomic E-state index is 11.8. The Morgan fingerprint density at radius 3 is 3.06 bits per heavy atom. The lowest BCUT2D eigenvalue weighted by Gasteiger charge is -2.09. The maximum atomic E-state index is 11.8. The highest BCUT2D eigenvalue weighted by Gasteiger charge is 2.11. The molecule has 0 bridgehead atoms. The van der Waals surface area contributed by atoms with Crippen LogP contribution in [0.2, 0.25) is 0 Å². The van der Waals surface area contributed by atoms with E-state index >= 15 is 0 Å². The number of hydrogen-bond acceptors (Lipinski definition) is 4. The lowest BCUT2D eigenvalue weighted by molar-refractivity contribution is 0.189. The van der Waals surface area contributed by atoms with E-state index in [9.17, 15) is 9.90 Å². The van der Waals surface area contributed by atoms with Crippen LogP contribution in [0.15, 0.2) is 35.0 Å². The second-order valence-corrected chi connectivity index (χ2v) is 3.73. The Bertz CT molecular complexity index is 588. The van der Waals surface area contributed by atoms with Gasteiger partial charge in [-0.2, -0.15) is 10.2 Å². The fourth-order valence-electron chi connectivity index (χ4n) is 1.26. The Kier molecular flexibility index (Phi) is 2.76. The van der Waals surface area contributed by atoms with E-state index in [1.54, 1.807) is 6.07 Å². The lowest BCUT2D eigenvalue weighted by atomic mass is 10.3. The summed E-state index contributed by atoms with van der Waals surface area (Å²) >= 11 is 5.52. The third-order valence-electron chi connectivity index (χ3n) is 2.13. The fourth-order valence-corrected chi connectivity index (χ4v) is 1.33. The van der Waals surface area contributed by atoms with Gasteiger partial charge in [-0.25, -0.2) is 9.20 Å². The van der Waals surface area contributed by atoms with Crippen molar-refractivity contribution in [1.82, 2.24) is 19.4 Å². The molecule has 0 saturated heterocycles. The summed E-state index contributed by atoms with van der Waals surface area (Å²) < 4.78 is 2.48. The summed E-state index contributed by atoms with van der Waals surface area (Å²) in [5, 5.41) is 17.3. The second kappa shape index (κ2) is 4.07. The van der Waals surface area contributed by atoms with Gasteiger partial charge in [0.25, 0.3) is 5.56 Å². The molecular formula is C9H9ClN4O2. The molecule has 2 aromatic heterocycles. The van der Waals surface area contributed by atoms with Crippen molar-refractivity contribution >= 4 is 17.1 Å². The molecular weight excluding hydrogens is 232 g/mol. The van der Waals surface area contributed by atoms with Gasteiger partial charge in [-0.3, -0.25) is 4.79 Å². The van der Waals surface area contributed by atoms with Crippen LogP contribution >= 0.6 is 11.6 Å². The Labute approximate surface area is 95.4 Å². The van der Waals surface area contributed by atoms with Crippen LogP contribution in [0.1, 0.15) is 0 Å². The van der Waals surface area contributed by atoms with Gasteiger partial charge in [0.15, 0.2) is 0 Å². The first kappa shape index (κ1) is 10.8.